The van der Waals surface area contributed by atoms with Crippen LogP contribution in [0.4, 0.5) is 24.7 Å². The predicted molar refractivity (Wildman–Crippen MR) is 78.2 cm³/mol. The van der Waals surface area contributed by atoms with E-state index in [1.807, 2.05) is 0 Å². The molecule has 0 saturated carbocycles. The van der Waals surface area contributed by atoms with Crippen LogP contribution in [0.2, 0.25) is 0 Å². The summed E-state index contributed by atoms with van der Waals surface area (Å²) in [5.74, 6) is -2.73. The largest absolute Gasteiger partial charge is 0.474 e. The van der Waals surface area contributed by atoms with E-state index in [2.05, 4.69) is 20.6 Å². The van der Waals surface area contributed by atoms with Crippen molar-refractivity contribution in [3.05, 3.63) is 42.0 Å². The molecule has 2 heterocycles. The van der Waals surface area contributed by atoms with E-state index in [1.165, 1.54) is 12.4 Å². The van der Waals surface area contributed by atoms with Gasteiger partial charge in [0, 0.05) is 18.2 Å². The lowest BCUT2D eigenvalue weighted by Gasteiger charge is -2.23. The molecule has 0 unspecified atom stereocenters. The molecular weight excluding hydrogens is 309 g/mol. The highest BCUT2D eigenvalue weighted by Gasteiger charge is 2.16. The Labute approximate surface area is 130 Å². The van der Waals surface area contributed by atoms with Crippen LogP contribution >= 0.6 is 0 Å². The molecule has 1 saturated heterocycles. The summed E-state index contributed by atoms with van der Waals surface area (Å²) in [4.78, 5) is 7.93. The second-order valence-electron chi connectivity index (χ2n) is 5.18. The lowest BCUT2D eigenvalue weighted by molar-refractivity contribution is 0.156. The number of nitrogens with one attached hydrogen (secondary N) is 2. The first kappa shape index (κ1) is 15.5. The lowest BCUT2D eigenvalue weighted by Crippen LogP contribution is -2.34. The summed E-state index contributed by atoms with van der Waals surface area (Å²) in [6, 6.07) is 2.70. The fourth-order valence-corrected chi connectivity index (χ4v) is 2.31. The molecule has 23 heavy (non-hydrogen) atoms. The lowest BCUT2D eigenvalue weighted by atomic mass is 10.1. The van der Waals surface area contributed by atoms with Gasteiger partial charge in [-0.2, -0.15) is 0 Å². The highest BCUT2D eigenvalue weighted by atomic mass is 19.2. The van der Waals surface area contributed by atoms with Crippen LogP contribution in [0.5, 0.6) is 5.88 Å². The van der Waals surface area contributed by atoms with Crippen molar-refractivity contribution in [2.24, 2.45) is 0 Å². The zero-order chi connectivity index (χ0) is 16.2. The van der Waals surface area contributed by atoms with E-state index in [-0.39, 0.29) is 17.6 Å². The number of piperidine rings is 1. The van der Waals surface area contributed by atoms with E-state index in [4.69, 9.17) is 4.74 Å². The molecule has 1 aromatic heterocycles. The Balaban J connectivity index is 1.73. The molecule has 2 aromatic rings. The first-order chi connectivity index (χ1) is 11.1. The van der Waals surface area contributed by atoms with Gasteiger partial charge in [0.1, 0.15) is 24.1 Å². The standard InChI is InChI=1S/C15H15F3N4O/c16-10-5-12(18)13(6-11(10)17)22-14-7-15(21-8-20-14)23-9-1-3-19-4-2-9/h5-9,19H,1-4H2,(H,20,21,22). The molecule has 3 rings (SSSR count). The van der Waals surface area contributed by atoms with Gasteiger partial charge in [-0.25, -0.2) is 23.1 Å². The molecule has 1 aliphatic heterocycles. The Morgan fingerprint density at radius 2 is 1.74 bits per heavy atom. The molecule has 0 amide bonds. The molecule has 5 nitrogen and oxygen atoms in total. The van der Waals surface area contributed by atoms with Gasteiger partial charge in [0.25, 0.3) is 0 Å². The van der Waals surface area contributed by atoms with Gasteiger partial charge in [0.15, 0.2) is 11.6 Å². The number of benzene rings is 1. The molecule has 2 N–H and O–H groups in total. The summed E-state index contributed by atoms with van der Waals surface area (Å²) in [5, 5.41) is 5.82. The summed E-state index contributed by atoms with van der Waals surface area (Å²) in [6.45, 7) is 1.75. The fraction of sp³-hybridized carbons (Fsp3) is 0.333. The number of hydrogen-bond acceptors (Lipinski definition) is 5. The maximum atomic E-state index is 13.6. The van der Waals surface area contributed by atoms with Crippen molar-refractivity contribution in [1.82, 2.24) is 15.3 Å². The number of ether oxygens (including phenoxy) is 1. The number of halogens is 3. The zero-order valence-corrected chi connectivity index (χ0v) is 12.2. The van der Waals surface area contributed by atoms with Crippen molar-refractivity contribution in [1.29, 1.82) is 0 Å². The third-order valence-corrected chi connectivity index (χ3v) is 3.49. The topological polar surface area (TPSA) is 59.1 Å². The summed E-state index contributed by atoms with van der Waals surface area (Å²) >= 11 is 0. The maximum Gasteiger partial charge on any atom is 0.218 e. The van der Waals surface area contributed by atoms with Crippen LogP contribution in [-0.4, -0.2) is 29.2 Å². The molecule has 0 spiro atoms. The highest BCUT2D eigenvalue weighted by Crippen LogP contribution is 2.23. The van der Waals surface area contributed by atoms with Crippen LogP contribution in [-0.2, 0) is 0 Å². The second kappa shape index (κ2) is 6.82. The van der Waals surface area contributed by atoms with Crippen LogP contribution in [0.3, 0.4) is 0 Å². The van der Waals surface area contributed by atoms with Gasteiger partial charge in [0.05, 0.1) is 5.69 Å². The van der Waals surface area contributed by atoms with Crippen LogP contribution in [0.15, 0.2) is 24.5 Å². The van der Waals surface area contributed by atoms with E-state index in [0.29, 0.717) is 11.9 Å². The Hall–Kier alpha value is -2.35. The van der Waals surface area contributed by atoms with Crippen molar-refractivity contribution >= 4 is 11.5 Å². The first-order valence-electron chi connectivity index (χ1n) is 7.23. The average Bonchev–Trinajstić information content (AvgIpc) is 2.54. The van der Waals surface area contributed by atoms with Gasteiger partial charge < -0.3 is 15.4 Å². The highest BCUT2D eigenvalue weighted by molar-refractivity contribution is 5.57. The Morgan fingerprint density at radius 3 is 2.52 bits per heavy atom. The van der Waals surface area contributed by atoms with Gasteiger partial charge in [-0.05, 0) is 25.9 Å². The molecule has 8 heteroatoms. The van der Waals surface area contributed by atoms with Gasteiger partial charge in [-0.3, -0.25) is 0 Å². The molecule has 0 aliphatic carbocycles. The number of aromatic nitrogens is 2. The number of anilines is 2. The zero-order valence-electron chi connectivity index (χ0n) is 12.2. The molecule has 1 fully saturated rings. The number of nitrogens with zero attached hydrogens (tertiary/aromatic N) is 2. The van der Waals surface area contributed by atoms with E-state index >= 15 is 0 Å². The van der Waals surface area contributed by atoms with Gasteiger partial charge in [0.2, 0.25) is 5.88 Å². The van der Waals surface area contributed by atoms with Crippen molar-refractivity contribution in [2.75, 3.05) is 18.4 Å². The van der Waals surface area contributed by atoms with E-state index < -0.39 is 17.5 Å². The molecule has 0 bridgehead atoms. The minimum absolute atomic E-state index is 0.0546. The van der Waals surface area contributed by atoms with E-state index in [0.717, 1.165) is 32.0 Å². The Kier molecular flexibility index (Phi) is 4.61. The third-order valence-electron chi connectivity index (χ3n) is 3.49. The van der Waals surface area contributed by atoms with Crippen LogP contribution in [0, 0.1) is 17.5 Å². The summed E-state index contributed by atoms with van der Waals surface area (Å²) < 4.78 is 45.5. The molecule has 1 aliphatic rings. The van der Waals surface area contributed by atoms with Crippen molar-refractivity contribution < 1.29 is 17.9 Å². The van der Waals surface area contributed by atoms with Gasteiger partial charge in [-0.15, -0.1) is 0 Å². The minimum Gasteiger partial charge on any atom is -0.474 e. The van der Waals surface area contributed by atoms with E-state index in [1.54, 1.807) is 0 Å². The molecule has 0 radical (unpaired) electrons. The van der Waals surface area contributed by atoms with Crippen LogP contribution < -0.4 is 15.4 Å². The van der Waals surface area contributed by atoms with Crippen molar-refractivity contribution in [3.8, 4) is 5.88 Å². The maximum absolute atomic E-state index is 13.6. The summed E-state index contributed by atoms with van der Waals surface area (Å²) in [5.41, 5.74) is -0.213. The molecule has 122 valence electrons. The van der Waals surface area contributed by atoms with Crippen molar-refractivity contribution in [3.63, 3.8) is 0 Å². The summed E-state index contributed by atoms with van der Waals surface area (Å²) in [7, 11) is 0. The quantitative estimate of drug-likeness (QED) is 0.847. The monoisotopic (exact) mass is 324 g/mol. The molecule has 0 atom stereocenters. The second-order valence-corrected chi connectivity index (χ2v) is 5.18. The SMILES string of the molecule is Fc1cc(F)c(Nc2cc(OC3CCNCC3)ncn2)cc1F. The third kappa shape index (κ3) is 3.89. The van der Waals surface area contributed by atoms with Gasteiger partial charge >= 0.3 is 0 Å². The molecular formula is C15H15F3N4O. The minimum atomic E-state index is -1.24. The number of hydrogen-bond donors (Lipinski definition) is 2. The predicted octanol–water partition coefficient (Wildman–Crippen LogP) is 2.77. The average molecular weight is 324 g/mol. The van der Waals surface area contributed by atoms with E-state index in [9.17, 15) is 13.2 Å². The van der Waals surface area contributed by atoms with Crippen molar-refractivity contribution in [2.45, 2.75) is 18.9 Å². The van der Waals surface area contributed by atoms with Crippen LogP contribution in [0.1, 0.15) is 12.8 Å². The summed E-state index contributed by atoms with van der Waals surface area (Å²) in [6.07, 6.45) is 3.05. The fourth-order valence-electron chi connectivity index (χ4n) is 2.31. The van der Waals surface area contributed by atoms with Gasteiger partial charge in [-0.1, -0.05) is 0 Å². The number of rotatable bonds is 4. The molecule has 1 aromatic carbocycles. The van der Waals surface area contributed by atoms with Crippen LogP contribution in [0.25, 0.3) is 0 Å². The normalized spacial score (nSPS) is 15.4. The first-order valence-corrected chi connectivity index (χ1v) is 7.23. The smallest absolute Gasteiger partial charge is 0.218 e. The Bertz CT molecular complexity index is 692. The Morgan fingerprint density at radius 1 is 1.00 bits per heavy atom.